The summed E-state index contributed by atoms with van der Waals surface area (Å²) in [6.07, 6.45) is 7.87. The molecule has 0 radical (unpaired) electrons. The molecule has 1 aromatic carbocycles. The van der Waals surface area contributed by atoms with Crippen molar-refractivity contribution in [2.24, 2.45) is 0 Å². The van der Waals surface area contributed by atoms with Gasteiger partial charge in [0.15, 0.2) is 0 Å². The topological polar surface area (TPSA) is 82.5 Å². The minimum atomic E-state index is -0.250. The lowest BCUT2D eigenvalue weighted by Gasteiger charge is -2.24. The molecule has 6 nitrogen and oxygen atoms in total. The Kier molecular flexibility index (Phi) is 8.02. The Hall–Kier alpha value is -2.47. The van der Waals surface area contributed by atoms with Gasteiger partial charge in [-0.05, 0) is 43.7 Å². The number of nitrogens with zero attached hydrogens (tertiary/aromatic N) is 2. The van der Waals surface area contributed by atoms with Gasteiger partial charge in [0.2, 0.25) is 5.91 Å². The minimum Gasteiger partial charge on any atom is -0.483 e. The first-order valence-corrected chi connectivity index (χ1v) is 9.02. The molecule has 1 amide bonds. The van der Waals surface area contributed by atoms with Gasteiger partial charge in [-0.15, -0.1) is 0 Å². The molecule has 0 bridgehead atoms. The van der Waals surface area contributed by atoms with Crippen LogP contribution in [0.1, 0.15) is 37.7 Å². The van der Waals surface area contributed by atoms with Crippen LogP contribution in [0, 0.1) is 0 Å². The van der Waals surface area contributed by atoms with E-state index in [4.69, 9.17) is 9.90 Å². The molecular formula is C20H27N3O3. The molecule has 1 aliphatic rings. The van der Waals surface area contributed by atoms with Crippen molar-refractivity contribution in [1.82, 2.24) is 15.2 Å². The Morgan fingerprint density at radius 2 is 2.04 bits per heavy atom. The highest BCUT2D eigenvalue weighted by Gasteiger charge is 2.16. The van der Waals surface area contributed by atoms with Crippen LogP contribution in [0.25, 0.3) is 10.9 Å². The molecule has 1 saturated carbocycles. The van der Waals surface area contributed by atoms with Crippen molar-refractivity contribution < 1.29 is 14.7 Å². The van der Waals surface area contributed by atoms with E-state index in [-0.39, 0.29) is 12.4 Å². The molecule has 3 rings (SSSR count). The van der Waals surface area contributed by atoms with E-state index >= 15 is 0 Å². The highest BCUT2D eigenvalue weighted by atomic mass is 16.3. The van der Waals surface area contributed by atoms with Crippen LogP contribution in [-0.4, -0.2) is 47.0 Å². The van der Waals surface area contributed by atoms with Crippen LogP contribution >= 0.6 is 0 Å². The Labute approximate surface area is 154 Å². The molecule has 0 aliphatic heterocycles. The second-order valence-electron chi connectivity index (χ2n) is 6.71. The zero-order valence-electron chi connectivity index (χ0n) is 15.2. The van der Waals surface area contributed by atoms with Crippen molar-refractivity contribution in [3.8, 4) is 0 Å². The van der Waals surface area contributed by atoms with Gasteiger partial charge in [0.1, 0.15) is 0 Å². The molecule has 1 fully saturated rings. The first-order valence-electron chi connectivity index (χ1n) is 9.02. The zero-order valence-corrected chi connectivity index (χ0v) is 15.2. The Morgan fingerprint density at radius 3 is 2.77 bits per heavy atom. The van der Waals surface area contributed by atoms with E-state index < -0.39 is 0 Å². The molecule has 0 atom stereocenters. The molecule has 0 unspecified atom stereocenters. The number of carbonyl (C=O) groups excluding carboxylic acids is 1. The van der Waals surface area contributed by atoms with Crippen LogP contribution in [0.4, 0.5) is 0 Å². The number of pyridine rings is 1. The Balaban J connectivity index is 0.000000758. The SMILES string of the molecule is CN(CC(=O)NC1CCCCC1)Cc1ccc2ncccc2c1.O=CO. The second-order valence-corrected chi connectivity index (χ2v) is 6.71. The fourth-order valence-corrected chi connectivity index (χ4v) is 3.36. The van der Waals surface area contributed by atoms with Crippen LogP contribution in [0.5, 0.6) is 0 Å². The quantitative estimate of drug-likeness (QED) is 0.804. The van der Waals surface area contributed by atoms with Crippen LogP contribution in [0.3, 0.4) is 0 Å². The Bertz CT molecular complexity index is 714. The summed E-state index contributed by atoms with van der Waals surface area (Å²) in [5.41, 5.74) is 2.22. The van der Waals surface area contributed by atoms with E-state index in [1.165, 1.54) is 24.8 Å². The van der Waals surface area contributed by atoms with Gasteiger partial charge in [-0.25, -0.2) is 0 Å². The normalized spacial score (nSPS) is 14.5. The third-order valence-corrected chi connectivity index (χ3v) is 4.50. The summed E-state index contributed by atoms with van der Waals surface area (Å²) in [5, 5.41) is 11.2. The fourth-order valence-electron chi connectivity index (χ4n) is 3.36. The second kappa shape index (κ2) is 10.5. The summed E-state index contributed by atoms with van der Waals surface area (Å²) in [7, 11) is 1.99. The average molecular weight is 357 g/mol. The molecule has 0 saturated heterocycles. The number of carbonyl (C=O) groups is 2. The molecule has 2 N–H and O–H groups in total. The number of likely N-dealkylation sites (N-methyl/N-ethyl adjacent to an activating group) is 1. The van der Waals surface area contributed by atoms with Crippen molar-refractivity contribution >= 4 is 23.3 Å². The summed E-state index contributed by atoms with van der Waals surface area (Å²) < 4.78 is 0. The number of amides is 1. The maximum absolute atomic E-state index is 12.2. The van der Waals surface area contributed by atoms with E-state index in [0.29, 0.717) is 12.6 Å². The number of carboxylic acid groups (broad SMARTS) is 1. The number of rotatable bonds is 5. The summed E-state index contributed by atoms with van der Waals surface area (Å²) in [6, 6.07) is 10.7. The molecule has 0 spiro atoms. The van der Waals surface area contributed by atoms with Gasteiger partial charge in [0, 0.05) is 24.2 Å². The third kappa shape index (κ3) is 6.44. The summed E-state index contributed by atoms with van der Waals surface area (Å²) in [4.78, 5) is 26.9. The van der Waals surface area contributed by atoms with Gasteiger partial charge in [0.25, 0.3) is 6.47 Å². The van der Waals surface area contributed by atoms with Crippen LogP contribution in [0.2, 0.25) is 0 Å². The van der Waals surface area contributed by atoms with E-state index in [0.717, 1.165) is 30.3 Å². The summed E-state index contributed by atoms with van der Waals surface area (Å²) >= 11 is 0. The molecule has 1 aliphatic carbocycles. The molecule has 140 valence electrons. The first kappa shape index (κ1) is 19.8. The number of hydrogen-bond donors (Lipinski definition) is 2. The van der Waals surface area contributed by atoms with Gasteiger partial charge in [-0.2, -0.15) is 0 Å². The minimum absolute atomic E-state index is 0.141. The van der Waals surface area contributed by atoms with E-state index in [1.54, 1.807) is 0 Å². The lowest BCUT2D eigenvalue weighted by molar-refractivity contribution is -0.123. The third-order valence-electron chi connectivity index (χ3n) is 4.50. The van der Waals surface area contributed by atoms with Crippen LogP contribution < -0.4 is 5.32 Å². The fraction of sp³-hybridized carbons (Fsp3) is 0.450. The molecule has 6 heteroatoms. The maximum atomic E-state index is 12.2. The van der Waals surface area contributed by atoms with Crippen molar-refractivity contribution in [3.63, 3.8) is 0 Å². The van der Waals surface area contributed by atoms with Crippen molar-refractivity contribution in [3.05, 3.63) is 42.1 Å². The van der Waals surface area contributed by atoms with Gasteiger partial charge in [-0.1, -0.05) is 31.4 Å². The zero-order chi connectivity index (χ0) is 18.8. The average Bonchev–Trinajstić information content (AvgIpc) is 2.63. The van der Waals surface area contributed by atoms with Crippen molar-refractivity contribution in [2.45, 2.75) is 44.7 Å². The molecular weight excluding hydrogens is 330 g/mol. The lowest BCUT2D eigenvalue weighted by Crippen LogP contribution is -2.41. The van der Waals surface area contributed by atoms with E-state index in [2.05, 4.69) is 33.4 Å². The van der Waals surface area contributed by atoms with Crippen LogP contribution in [0.15, 0.2) is 36.5 Å². The molecule has 2 aromatic rings. The molecule has 1 aromatic heterocycles. The van der Waals surface area contributed by atoms with Gasteiger partial charge >= 0.3 is 0 Å². The van der Waals surface area contributed by atoms with Gasteiger partial charge in [-0.3, -0.25) is 19.5 Å². The monoisotopic (exact) mass is 357 g/mol. The smallest absolute Gasteiger partial charge is 0.290 e. The number of hydrogen-bond acceptors (Lipinski definition) is 4. The first-order chi connectivity index (χ1) is 12.6. The van der Waals surface area contributed by atoms with Crippen LogP contribution in [-0.2, 0) is 16.1 Å². The molecule has 26 heavy (non-hydrogen) atoms. The summed E-state index contributed by atoms with van der Waals surface area (Å²) in [5.74, 6) is 0.141. The number of aromatic nitrogens is 1. The van der Waals surface area contributed by atoms with Gasteiger partial charge < -0.3 is 10.4 Å². The van der Waals surface area contributed by atoms with E-state index in [1.807, 2.05) is 25.4 Å². The number of benzene rings is 1. The van der Waals surface area contributed by atoms with Crippen molar-refractivity contribution in [2.75, 3.05) is 13.6 Å². The maximum Gasteiger partial charge on any atom is 0.290 e. The lowest BCUT2D eigenvalue weighted by atomic mass is 9.95. The predicted octanol–water partition coefficient (Wildman–Crippen LogP) is 2.82. The van der Waals surface area contributed by atoms with E-state index in [9.17, 15) is 4.79 Å². The predicted molar refractivity (Wildman–Crippen MR) is 102 cm³/mol. The summed E-state index contributed by atoms with van der Waals surface area (Å²) in [6.45, 7) is 0.963. The largest absolute Gasteiger partial charge is 0.483 e. The van der Waals surface area contributed by atoms with Crippen molar-refractivity contribution in [1.29, 1.82) is 0 Å². The Morgan fingerprint density at radius 1 is 1.31 bits per heavy atom. The highest BCUT2D eigenvalue weighted by molar-refractivity contribution is 5.79. The number of nitrogens with one attached hydrogen (secondary N) is 1. The molecule has 1 heterocycles. The number of fused-ring (bicyclic) bond motifs is 1. The highest BCUT2D eigenvalue weighted by Crippen LogP contribution is 2.17. The standard InChI is InChI=1S/C19H25N3O.CH2O2/c1-22(14-19(23)21-17-7-3-2-4-8-17)13-15-9-10-18-16(12-15)6-5-11-20-18;2-1-3/h5-6,9-12,17H,2-4,7-8,13-14H2,1H3,(H,21,23);1H,(H,2,3). The van der Waals surface area contributed by atoms with Gasteiger partial charge in [0.05, 0.1) is 12.1 Å².